The molecule has 2 rings (SSSR count). The number of aryl methyl sites for hydroxylation is 1. The first-order chi connectivity index (χ1) is 9.38. The summed E-state index contributed by atoms with van der Waals surface area (Å²) in [6, 6.07) is 3.15. The van der Waals surface area contributed by atoms with E-state index in [-0.39, 0.29) is 16.8 Å². The van der Waals surface area contributed by atoms with Gasteiger partial charge in [-0.3, -0.25) is 14.9 Å². The summed E-state index contributed by atoms with van der Waals surface area (Å²) in [7, 11) is 0. The van der Waals surface area contributed by atoms with E-state index in [2.05, 4.69) is 5.32 Å². The summed E-state index contributed by atoms with van der Waals surface area (Å²) in [5.41, 5.74) is 1.38. The van der Waals surface area contributed by atoms with Gasteiger partial charge in [-0.25, -0.2) is 0 Å². The van der Waals surface area contributed by atoms with Gasteiger partial charge in [-0.1, -0.05) is 6.92 Å². The molecule has 7 heteroatoms. The van der Waals surface area contributed by atoms with Crippen LogP contribution in [0.4, 0.5) is 11.4 Å². The van der Waals surface area contributed by atoms with E-state index in [1.54, 1.807) is 13.0 Å². The summed E-state index contributed by atoms with van der Waals surface area (Å²) >= 11 is 1.28. The van der Waals surface area contributed by atoms with Crippen molar-refractivity contribution in [2.45, 2.75) is 42.9 Å². The van der Waals surface area contributed by atoms with Crippen LogP contribution in [0.1, 0.15) is 25.8 Å². The van der Waals surface area contributed by atoms with Gasteiger partial charge >= 0.3 is 0 Å². The third-order valence-electron chi connectivity index (χ3n) is 3.27. The fraction of sp³-hybridized carbons (Fsp3) is 0.462. The molecule has 108 valence electrons. The Hall–Kier alpha value is -1.60. The molecule has 0 saturated carbocycles. The number of nitrogens with zero attached hydrogens (tertiary/aromatic N) is 1. The molecule has 2 N–H and O–H groups in total. The number of carbonyl (C=O) groups is 1. The van der Waals surface area contributed by atoms with Crippen LogP contribution in [-0.2, 0) is 11.2 Å². The molecule has 1 aliphatic heterocycles. The standard InChI is InChI=1S/C13H16N2O4S/c1-7(16)8(2)20-12-5-9-3-4-13(17)14-10(9)6-11(12)15(18)19/h5-8,16H,3-4H2,1-2H3,(H,14,17). The highest BCUT2D eigenvalue weighted by Crippen LogP contribution is 2.38. The van der Waals surface area contributed by atoms with Crippen molar-refractivity contribution in [3.05, 3.63) is 27.8 Å². The predicted octanol–water partition coefficient (Wildman–Crippen LogP) is 2.34. The van der Waals surface area contributed by atoms with E-state index in [0.717, 1.165) is 5.56 Å². The molecule has 6 nitrogen and oxygen atoms in total. The van der Waals surface area contributed by atoms with Crippen LogP contribution in [0.2, 0.25) is 0 Å². The molecule has 2 unspecified atom stereocenters. The van der Waals surface area contributed by atoms with Crippen LogP contribution in [0.25, 0.3) is 0 Å². The van der Waals surface area contributed by atoms with Crippen molar-refractivity contribution >= 4 is 29.0 Å². The number of thioether (sulfide) groups is 1. The minimum Gasteiger partial charge on any atom is -0.392 e. The summed E-state index contributed by atoms with van der Waals surface area (Å²) in [4.78, 5) is 22.6. The van der Waals surface area contributed by atoms with Crippen LogP contribution in [0.3, 0.4) is 0 Å². The Bertz CT molecular complexity index is 560. The third kappa shape index (κ3) is 3.10. The van der Waals surface area contributed by atoms with Crippen molar-refractivity contribution < 1.29 is 14.8 Å². The second-order valence-corrected chi connectivity index (χ2v) is 6.27. The first-order valence-corrected chi connectivity index (χ1v) is 7.22. The van der Waals surface area contributed by atoms with Gasteiger partial charge in [0.1, 0.15) is 0 Å². The average molecular weight is 296 g/mol. The summed E-state index contributed by atoms with van der Waals surface area (Å²) in [6.07, 6.45) is 0.409. The number of amides is 1. The van der Waals surface area contributed by atoms with Gasteiger partial charge < -0.3 is 10.4 Å². The van der Waals surface area contributed by atoms with E-state index < -0.39 is 11.0 Å². The fourth-order valence-corrected chi connectivity index (χ4v) is 2.99. The lowest BCUT2D eigenvalue weighted by Crippen LogP contribution is -2.19. The van der Waals surface area contributed by atoms with E-state index in [1.807, 2.05) is 6.92 Å². The maximum absolute atomic E-state index is 11.3. The monoisotopic (exact) mass is 296 g/mol. The fourth-order valence-electron chi connectivity index (χ4n) is 1.93. The zero-order valence-corrected chi connectivity index (χ0v) is 12.1. The molecular formula is C13H16N2O4S. The zero-order chi connectivity index (χ0) is 14.9. The van der Waals surface area contributed by atoms with Gasteiger partial charge in [0, 0.05) is 17.7 Å². The number of hydrogen-bond acceptors (Lipinski definition) is 5. The Labute approximate surface area is 120 Å². The van der Waals surface area contributed by atoms with Crippen molar-refractivity contribution in [3.8, 4) is 0 Å². The van der Waals surface area contributed by atoms with Gasteiger partial charge in [-0.15, -0.1) is 11.8 Å². The Morgan fingerprint density at radius 3 is 2.70 bits per heavy atom. The number of anilines is 1. The van der Waals surface area contributed by atoms with Crippen molar-refractivity contribution in [1.29, 1.82) is 0 Å². The van der Waals surface area contributed by atoms with E-state index in [1.165, 1.54) is 17.8 Å². The first kappa shape index (κ1) is 14.8. The number of aliphatic hydroxyl groups is 1. The number of nitrogens with one attached hydrogen (secondary N) is 1. The smallest absolute Gasteiger partial charge is 0.284 e. The quantitative estimate of drug-likeness (QED) is 0.505. The topological polar surface area (TPSA) is 92.5 Å². The van der Waals surface area contributed by atoms with Crippen LogP contribution in [0.5, 0.6) is 0 Å². The molecule has 0 bridgehead atoms. The van der Waals surface area contributed by atoms with Gasteiger partial charge in [0.25, 0.3) is 5.69 Å². The molecule has 0 radical (unpaired) electrons. The van der Waals surface area contributed by atoms with Gasteiger partial charge in [0.05, 0.1) is 21.6 Å². The van der Waals surface area contributed by atoms with Crippen LogP contribution >= 0.6 is 11.8 Å². The number of hydrogen-bond donors (Lipinski definition) is 2. The number of carbonyl (C=O) groups excluding carboxylic acids is 1. The average Bonchev–Trinajstić information content (AvgIpc) is 2.37. The molecular weight excluding hydrogens is 280 g/mol. The molecule has 20 heavy (non-hydrogen) atoms. The predicted molar refractivity (Wildman–Crippen MR) is 77.0 cm³/mol. The summed E-state index contributed by atoms with van der Waals surface area (Å²) in [5.74, 6) is -0.121. The van der Waals surface area contributed by atoms with E-state index in [9.17, 15) is 20.0 Å². The summed E-state index contributed by atoms with van der Waals surface area (Å²) in [5, 5.41) is 23.2. The minimum absolute atomic E-state index is 0.0385. The first-order valence-electron chi connectivity index (χ1n) is 6.34. The Morgan fingerprint density at radius 2 is 2.10 bits per heavy atom. The van der Waals surface area contributed by atoms with E-state index in [0.29, 0.717) is 23.4 Å². The maximum atomic E-state index is 11.3. The molecule has 0 aromatic heterocycles. The molecule has 1 heterocycles. The van der Waals surface area contributed by atoms with Crippen LogP contribution in [0.15, 0.2) is 17.0 Å². The molecule has 0 saturated heterocycles. The van der Waals surface area contributed by atoms with Gasteiger partial charge in [0.2, 0.25) is 5.91 Å². The molecule has 2 atom stereocenters. The lowest BCUT2D eigenvalue weighted by atomic mass is 10.0. The van der Waals surface area contributed by atoms with E-state index >= 15 is 0 Å². The lowest BCUT2D eigenvalue weighted by molar-refractivity contribution is -0.387. The minimum atomic E-state index is -0.560. The highest BCUT2D eigenvalue weighted by atomic mass is 32.2. The second kappa shape index (κ2) is 5.80. The Kier molecular flexibility index (Phi) is 4.29. The van der Waals surface area contributed by atoms with Gasteiger partial charge in [0.15, 0.2) is 0 Å². The third-order valence-corrected chi connectivity index (χ3v) is 4.62. The highest BCUT2D eigenvalue weighted by molar-refractivity contribution is 8.00. The molecule has 0 aliphatic carbocycles. The van der Waals surface area contributed by atoms with E-state index in [4.69, 9.17) is 0 Å². The van der Waals surface area contributed by atoms with Crippen LogP contribution < -0.4 is 5.32 Å². The number of nitro groups is 1. The van der Waals surface area contributed by atoms with Crippen molar-refractivity contribution in [2.75, 3.05) is 5.32 Å². The number of aliphatic hydroxyl groups excluding tert-OH is 1. The summed E-state index contributed by atoms with van der Waals surface area (Å²) in [6.45, 7) is 3.47. The summed E-state index contributed by atoms with van der Waals surface area (Å²) < 4.78 is 0. The number of fused-ring (bicyclic) bond motifs is 1. The lowest BCUT2D eigenvalue weighted by Gasteiger charge is -2.19. The molecule has 0 spiro atoms. The Balaban J connectivity index is 2.40. The van der Waals surface area contributed by atoms with Crippen molar-refractivity contribution in [2.24, 2.45) is 0 Å². The largest absolute Gasteiger partial charge is 0.392 e. The highest BCUT2D eigenvalue weighted by Gasteiger charge is 2.24. The van der Waals surface area contributed by atoms with Crippen molar-refractivity contribution in [3.63, 3.8) is 0 Å². The Morgan fingerprint density at radius 1 is 1.40 bits per heavy atom. The number of benzene rings is 1. The molecule has 1 aliphatic rings. The number of nitro benzene ring substituents is 1. The maximum Gasteiger partial charge on any atom is 0.284 e. The number of rotatable bonds is 4. The zero-order valence-electron chi connectivity index (χ0n) is 11.3. The van der Waals surface area contributed by atoms with Gasteiger partial charge in [-0.05, 0) is 25.0 Å². The molecule has 1 amide bonds. The molecule has 1 aromatic carbocycles. The van der Waals surface area contributed by atoms with Gasteiger partial charge in [-0.2, -0.15) is 0 Å². The molecule has 0 fully saturated rings. The van der Waals surface area contributed by atoms with Crippen molar-refractivity contribution in [1.82, 2.24) is 0 Å². The van der Waals surface area contributed by atoms with Crippen LogP contribution in [-0.4, -0.2) is 27.3 Å². The van der Waals surface area contributed by atoms with Crippen LogP contribution in [0, 0.1) is 10.1 Å². The SMILES string of the molecule is CC(O)C(C)Sc1cc2c(cc1[N+](=O)[O-])NC(=O)CC2. The second-order valence-electron chi connectivity index (χ2n) is 4.85. The normalized spacial score (nSPS) is 17.1. The molecule has 1 aromatic rings.